The Hall–Kier alpha value is -1.88. The standard InChI is InChI=1S/C13H17N3O2/c1-13(2,9-17)8-14-12(18)10-7-15-16-6-4-3-5-11(10)16/h3-7,17H,8-9H2,1-2H3,(H,14,18). The minimum absolute atomic E-state index is 0.0298. The van der Waals surface area contributed by atoms with Gasteiger partial charge in [-0.3, -0.25) is 4.79 Å². The van der Waals surface area contributed by atoms with Crippen molar-refractivity contribution in [2.75, 3.05) is 13.2 Å². The van der Waals surface area contributed by atoms with Gasteiger partial charge in [0.25, 0.3) is 5.91 Å². The second kappa shape index (κ2) is 4.78. The molecule has 0 atom stereocenters. The number of aliphatic hydroxyl groups is 1. The van der Waals surface area contributed by atoms with Crippen LogP contribution >= 0.6 is 0 Å². The smallest absolute Gasteiger partial charge is 0.255 e. The third-order valence-electron chi connectivity index (χ3n) is 2.83. The van der Waals surface area contributed by atoms with E-state index < -0.39 is 0 Å². The van der Waals surface area contributed by atoms with Crippen LogP contribution in [0, 0.1) is 5.41 Å². The van der Waals surface area contributed by atoms with E-state index in [-0.39, 0.29) is 17.9 Å². The predicted octanol–water partition coefficient (Wildman–Crippen LogP) is 1.08. The molecule has 0 aromatic carbocycles. The first-order chi connectivity index (χ1) is 8.53. The molecule has 0 unspecified atom stereocenters. The first-order valence-corrected chi connectivity index (χ1v) is 5.85. The van der Waals surface area contributed by atoms with Crippen LogP contribution in [-0.2, 0) is 0 Å². The minimum Gasteiger partial charge on any atom is -0.396 e. The highest BCUT2D eigenvalue weighted by molar-refractivity contribution is 6.00. The van der Waals surface area contributed by atoms with Crippen LogP contribution in [0.15, 0.2) is 30.6 Å². The number of amides is 1. The maximum absolute atomic E-state index is 12.0. The fraction of sp³-hybridized carbons (Fsp3) is 0.385. The second-order valence-electron chi connectivity index (χ2n) is 5.09. The van der Waals surface area contributed by atoms with Gasteiger partial charge in [-0.25, -0.2) is 4.52 Å². The number of fused-ring (bicyclic) bond motifs is 1. The SMILES string of the molecule is CC(C)(CO)CNC(=O)c1cnn2ccccc12. The summed E-state index contributed by atoms with van der Waals surface area (Å²) in [5, 5.41) is 16.1. The highest BCUT2D eigenvalue weighted by Crippen LogP contribution is 2.13. The van der Waals surface area contributed by atoms with Crippen LogP contribution in [-0.4, -0.2) is 33.8 Å². The maximum Gasteiger partial charge on any atom is 0.255 e. The molecule has 18 heavy (non-hydrogen) atoms. The van der Waals surface area contributed by atoms with Crippen LogP contribution in [0.3, 0.4) is 0 Å². The van der Waals surface area contributed by atoms with Crippen molar-refractivity contribution in [3.05, 3.63) is 36.2 Å². The molecule has 0 aliphatic heterocycles. The summed E-state index contributed by atoms with van der Waals surface area (Å²) in [6.45, 7) is 4.24. The van der Waals surface area contributed by atoms with Crippen LogP contribution in [0.5, 0.6) is 0 Å². The molecule has 2 N–H and O–H groups in total. The quantitative estimate of drug-likeness (QED) is 0.849. The van der Waals surface area contributed by atoms with E-state index in [0.717, 1.165) is 5.52 Å². The number of rotatable bonds is 4. The van der Waals surface area contributed by atoms with Crippen molar-refractivity contribution in [3.63, 3.8) is 0 Å². The number of nitrogens with zero attached hydrogens (tertiary/aromatic N) is 2. The summed E-state index contributed by atoms with van der Waals surface area (Å²) >= 11 is 0. The molecular formula is C13H17N3O2. The van der Waals surface area contributed by atoms with Crippen molar-refractivity contribution in [1.82, 2.24) is 14.9 Å². The van der Waals surface area contributed by atoms with Crippen molar-refractivity contribution in [3.8, 4) is 0 Å². The van der Waals surface area contributed by atoms with Crippen molar-refractivity contribution >= 4 is 11.4 Å². The van der Waals surface area contributed by atoms with Gasteiger partial charge in [0.15, 0.2) is 0 Å². The molecule has 2 rings (SSSR count). The molecule has 96 valence electrons. The Labute approximate surface area is 105 Å². The number of hydrogen-bond acceptors (Lipinski definition) is 3. The molecule has 2 aromatic heterocycles. The van der Waals surface area contributed by atoms with E-state index >= 15 is 0 Å². The molecule has 2 aromatic rings. The first-order valence-electron chi connectivity index (χ1n) is 5.85. The lowest BCUT2D eigenvalue weighted by Gasteiger charge is -2.21. The average Bonchev–Trinajstić information content (AvgIpc) is 2.80. The normalized spacial score (nSPS) is 11.7. The summed E-state index contributed by atoms with van der Waals surface area (Å²) in [5.41, 5.74) is 1.000. The molecule has 0 spiro atoms. The molecule has 0 aliphatic carbocycles. The van der Waals surface area contributed by atoms with Gasteiger partial charge < -0.3 is 10.4 Å². The average molecular weight is 247 g/mol. The van der Waals surface area contributed by atoms with Gasteiger partial charge in [0.05, 0.1) is 17.3 Å². The number of aliphatic hydroxyl groups excluding tert-OH is 1. The van der Waals surface area contributed by atoms with E-state index in [4.69, 9.17) is 5.11 Å². The molecule has 5 heteroatoms. The fourth-order valence-corrected chi connectivity index (χ4v) is 1.58. The Balaban J connectivity index is 2.14. The summed E-state index contributed by atoms with van der Waals surface area (Å²) in [6.07, 6.45) is 3.35. The number of carbonyl (C=O) groups excluding carboxylic acids is 1. The van der Waals surface area contributed by atoms with E-state index in [1.807, 2.05) is 32.0 Å². The summed E-state index contributed by atoms with van der Waals surface area (Å²) in [5.74, 6) is -0.169. The third kappa shape index (κ3) is 2.51. The zero-order valence-corrected chi connectivity index (χ0v) is 10.6. The lowest BCUT2D eigenvalue weighted by atomic mass is 9.95. The van der Waals surface area contributed by atoms with Gasteiger partial charge in [-0.1, -0.05) is 19.9 Å². The zero-order chi connectivity index (χ0) is 13.2. The van der Waals surface area contributed by atoms with Crippen molar-refractivity contribution in [1.29, 1.82) is 0 Å². The largest absolute Gasteiger partial charge is 0.396 e. The Morgan fingerprint density at radius 2 is 2.28 bits per heavy atom. The molecule has 1 amide bonds. The molecule has 2 heterocycles. The van der Waals surface area contributed by atoms with Gasteiger partial charge in [0.1, 0.15) is 0 Å². The second-order valence-corrected chi connectivity index (χ2v) is 5.09. The summed E-state index contributed by atoms with van der Waals surface area (Å²) in [6, 6.07) is 5.57. The Morgan fingerprint density at radius 1 is 1.50 bits per heavy atom. The van der Waals surface area contributed by atoms with Crippen molar-refractivity contribution in [2.24, 2.45) is 5.41 Å². The number of aromatic nitrogens is 2. The van der Waals surface area contributed by atoms with Gasteiger partial charge in [0, 0.05) is 24.8 Å². The zero-order valence-electron chi connectivity index (χ0n) is 10.6. The molecule has 0 saturated carbocycles. The number of pyridine rings is 1. The maximum atomic E-state index is 12.0. The number of hydrogen-bond donors (Lipinski definition) is 2. The lowest BCUT2D eigenvalue weighted by Crippen LogP contribution is -2.36. The fourth-order valence-electron chi connectivity index (χ4n) is 1.58. The van der Waals surface area contributed by atoms with Gasteiger partial charge in [0.2, 0.25) is 0 Å². The van der Waals surface area contributed by atoms with Gasteiger partial charge >= 0.3 is 0 Å². The monoisotopic (exact) mass is 247 g/mol. The van der Waals surface area contributed by atoms with E-state index in [1.54, 1.807) is 16.9 Å². The Bertz CT molecular complexity index is 560. The van der Waals surface area contributed by atoms with Crippen LogP contribution in [0.1, 0.15) is 24.2 Å². The van der Waals surface area contributed by atoms with Crippen LogP contribution in [0.4, 0.5) is 0 Å². The highest BCUT2D eigenvalue weighted by atomic mass is 16.3. The Morgan fingerprint density at radius 3 is 3.00 bits per heavy atom. The molecule has 0 bridgehead atoms. The predicted molar refractivity (Wildman–Crippen MR) is 68.4 cm³/mol. The molecule has 0 saturated heterocycles. The number of nitrogens with one attached hydrogen (secondary N) is 1. The highest BCUT2D eigenvalue weighted by Gasteiger charge is 2.19. The lowest BCUT2D eigenvalue weighted by molar-refractivity contribution is 0.0912. The van der Waals surface area contributed by atoms with E-state index in [1.165, 1.54) is 0 Å². The van der Waals surface area contributed by atoms with E-state index in [2.05, 4.69) is 10.4 Å². The van der Waals surface area contributed by atoms with Crippen LogP contribution in [0.25, 0.3) is 5.52 Å². The van der Waals surface area contributed by atoms with E-state index in [9.17, 15) is 4.79 Å². The third-order valence-corrected chi connectivity index (χ3v) is 2.83. The van der Waals surface area contributed by atoms with Crippen LogP contribution < -0.4 is 5.32 Å². The van der Waals surface area contributed by atoms with Crippen molar-refractivity contribution < 1.29 is 9.90 Å². The molecule has 0 aliphatic rings. The van der Waals surface area contributed by atoms with Gasteiger partial charge in [-0.05, 0) is 12.1 Å². The van der Waals surface area contributed by atoms with Gasteiger partial charge in [-0.2, -0.15) is 5.10 Å². The Kier molecular flexibility index (Phi) is 3.34. The summed E-state index contributed by atoms with van der Waals surface area (Å²) in [7, 11) is 0. The molecule has 0 radical (unpaired) electrons. The number of carbonyl (C=O) groups is 1. The van der Waals surface area contributed by atoms with E-state index in [0.29, 0.717) is 12.1 Å². The molecular weight excluding hydrogens is 230 g/mol. The first kappa shape index (κ1) is 12.6. The molecule has 0 fully saturated rings. The summed E-state index contributed by atoms with van der Waals surface area (Å²) < 4.78 is 1.66. The summed E-state index contributed by atoms with van der Waals surface area (Å²) in [4.78, 5) is 12.0. The van der Waals surface area contributed by atoms with Crippen molar-refractivity contribution in [2.45, 2.75) is 13.8 Å². The van der Waals surface area contributed by atoms with Gasteiger partial charge in [-0.15, -0.1) is 0 Å². The minimum atomic E-state index is -0.321. The topological polar surface area (TPSA) is 66.6 Å². The molecule has 5 nitrogen and oxygen atoms in total. The van der Waals surface area contributed by atoms with Crippen LogP contribution in [0.2, 0.25) is 0 Å².